The molecule has 0 bridgehead atoms. The summed E-state index contributed by atoms with van der Waals surface area (Å²) in [5.41, 5.74) is 3.56. The zero-order chi connectivity index (χ0) is 20.5. The second kappa shape index (κ2) is 8.32. The number of oxazole rings is 1. The molecule has 1 aliphatic rings. The molecule has 4 aromatic rings. The molecule has 0 radical (unpaired) electrons. The van der Waals surface area contributed by atoms with Gasteiger partial charge in [-0.15, -0.1) is 11.3 Å². The summed E-state index contributed by atoms with van der Waals surface area (Å²) in [5, 5.41) is 2.92. The highest BCUT2D eigenvalue weighted by molar-refractivity contribution is 9.10. The van der Waals surface area contributed by atoms with E-state index in [1.807, 2.05) is 58.8 Å². The molecule has 5 nitrogen and oxygen atoms in total. The highest BCUT2D eigenvalue weighted by Gasteiger charge is 2.28. The third-order valence-electron chi connectivity index (χ3n) is 5.39. The smallest absolute Gasteiger partial charge is 0.228 e. The summed E-state index contributed by atoms with van der Waals surface area (Å²) in [4.78, 5) is 24.2. The van der Waals surface area contributed by atoms with Gasteiger partial charge in [0, 0.05) is 28.5 Å². The molecule has 1 aliphatic heterocycles. The Kier molecular flexibility index (Phi) is 5.39. The number of halogens is 1. The zero-order valence-electron chi connectivity index (χ0n) is 16.3. The van der Waals surface area contributed by atoms with Gasteiger partial charge in [0.25, 0.3) is 0 Å². The number of carbonyl (C=O) groups excluding carboxylic acids is 1. The van der Waals surface area contributed by atoms with Crippen molar-refractivity contribution in [3.63, 3.8) is 0 Å². The number of hydrogen-bond acceptors (Lipinski definition) is 5. The van der Waals surface area contributed by atoms with E-state index in [0.717, 1.165) is 57.1 Å². The lowest BCUT2D eigenvalue weighted by molar-refractivity contribution is -0.131. The normalized spacial score (nSPS) is 16.8. The second-order valence-corrected chi connectivity index (χ2v) is 9.30. The number of para-hydroxylation sites is 2. The fraction of sp³-hybridized carbons (Fsp3) is 0.261. The molecule has 1 saturated heterocycles. The van der Waals surface area contributed by atoms with E-state index in [1.54, 1.807) is 11.3 Å². The SMILES string of the molecule is O=C(Cc1csc(-c2cccc(Br)c2)n1)N1CCCC(c2nc3ccccc3o2)C1. The number of likely N-dealkylation sites (tertiary alicyclic amines) is 1. The fourth-order valence-electron chi connectivity index (χ4n) is 3.88. The van der Waals surface area contributed by atoms with Crippen molar-refractivity contribution in [3.8, 4) is 10.6 Å². The number of hydrogen-bond donors (Lipinski definition) is 0. The molecule has 0 spiro atoms. The Bertz CT molecular complexity index is 1170. The number of carbonyl (C=O) groups is 1. The first-order chi connectivity index (χ1) is 14.7. The Morgan fingerprint density at radius 3 is 2.97 bits per heavy atom. The molecule has 7 heteroatoms. The molecule has 1 atom stereocenters. The molecular weight excluding hydrogens is 462 g/mol. The summed E-state index contributed by atoms with van der Waals surface area (Å²) >= 11 is 5.07. The minimum absolute atomic E-state index is 0.113. The summed E-state index contributed by atoms with van der Waals surface area (Å²) in [6.07, 6.45) is 2.26. The number of aromatic nitrogens is 2. The van der Waals surface area contributed by atoms with Gasteiger partial charge in [-0.1, -0.05) is 40.2 Å². The molecule has 1 amide bonds. The third kappa shape index (κ3) is 4.04. The molecule has 3 heterocycles. The molecule has 30 heavy (non-hydrogen) atoms. The number of rotatable bonds is 4. The maximum absolute atomic E-state index is 12.9. The van der Waals surface area contributed by atoms with Gasteiger partial charge in [-0.2, -0.15) is 0 Å². The van der Waals surface area contributed by atoms with E-state index in [4.69, 9.17) is 4.42 Å². The molecule has 0 saturated carbocycles. The highest BCUT2D eigenvalue weighted by Crippen LogP contribution is 2.30. The minimum Gasteiger partial charge on any atom is -0.440 e. The van der Waals surface area contributed by atoms with Crippen molar-refractivity contribution >= 4 is 44.3 Å². The zero-order valence-corrected chi connectivity index (χ0v) is 18.7. The summed E-state index contributed by atoms with van der Waals surface area (Å²) < 4.78 is 6.97. The lowest BCUT2D eigenvalue weighted by Crippen LogP contribution is -2.40. The fourth-order valence-corrected chi connectivity index (χ4v) is 5.09. The first-order valence-electron chi connectivity index (χ1n) is 9.99. The minimum atomic E-state index is 0.113. The Morgan fingerprint density at radius 2 is 2.10 bits per heavy atom. The lowest BCUT2D eigenvalue weighted by atomic mass is 9.97. The van der Waals surface area contributed by atoms with Crippen LogP contribution in [0.15, 0.2) is 62.8 Å². The van der Waals surface area contributed by atoms with Crippen molar-refractivity contribution in [1.82, 2.24) is 14.9 Å². The van der Waals surface area contributed by atoms with Crippen molar-refractivity contribution < 1.29 is 9.21 Å². The maximum Gasteiger partial charge on any atom is 0.228 e. The van der Waals surface area contributed by atoms with E-state index in [0.29, 0.717) is 13.0 Å². The Hall–Kier alpha value is -2.51. The molecule has 152 valence electrons. The predicted molar refractivity (Wildman–Crippen MR) is 122 cm³/mol. The monoisotopic (exact) mass is 481 g/mol. The van der Waals surface area contributed by atoms with Crippen LogP contribution in [-0.2, 0) is 11.2 Å². The van der Waals surface area contributed by atoms with Crippen LogP contribution in [0.1, 0.15) is 30.3 Å². The predicted octanol–water partition coefficient (Wildman–Crippen LogP) is 5.66. The molecule has 0 N–H and O–H groups in total. The molecule has 1 unspecified atom stereocenters. The number of benzene rings is 2. The van der Waals surface area contributed by atoms with Crippen LogP contribution in [0.3, 0.4) is 0 Å². The molecule has 0 aliphatic carbocycles. The van der Waals surface area contributed by atoms with Gasteiger partial charge in [0.15, 0.2) is 11.5 Å². The van der Waals surface area contributed by atoms with Crippen molar-refractivity contribution in [2.45, 2.75) is 25.2 Å². The summed E-state index contributed by atoms with van der Waals surface area (Å²) in [7, 11) is 0. The Morgan fingerprint density at radius 1 is 1.20 bits per heavy atom. The van der Waals surface area contributed by atoms with Crippen LogP contribution in [0.5, 0.6) is 0 Å². The molecule has 2 aromatic heterocycles. The average molecular weight is 482 g/mol. The Labute approximate surface area is 186 Å². The van der Waals surface area contributed by atoms with Crippen LogP contribution in [-0.4, -0.2) is 33.9 Å². The second-order valence-electron chi connectivity index (χ2n) is 7.53. The van der Waals surface area contributed by atoms with E-state index in [9.17, 15) is 4.79 Å². The van der Waals surface area contributed by atoms with Crippen molar-refractivity contribution in [1.29, 1.82) is 0 Å². The number of fused-ring (bicyclic) bond motifs is 1. The van der Waals surface area contributed by atoms with Crippen LogP contribution in [0.2, 0.25) is 0 Å². The molecule has 5 rings (SSSR count). The van der Waals surface area contributed by atoms with Crippen LogP contribution in [0, 0.1) is 0 Å². The molecule has 1 fully saturated rings. The number of piperidine rings is 1. The van der Waals surface area contributed by atoms with E-state index in [1.165, 1.54) is 0 Å². The van der Waals surface area contributed by atoms with E-state index >= 15 is 0 Å². The standard InChI is InChI=1S/C23H20BrN3O2S/c24-17-7-3-5-15(11-17)23-25-18(14-30-23)12-21(28)27-10-4-6-16(13-27)22-26-19-8-1-2-9-20(19)29-22/h1-3,5,7-9,11,14,16H,4,6,10,12-13H2. The lowest BCUT2D eigenvalue weighted by Gasteiger charge is -2.31. The summed E-state index contributed by atoms with van der Waals surface area (Å²) in [5.74, 6) is 0.990. The van der Waals surface area contributed by atoms with Crippen LogP contribution < -0.4 is 0 Å². The first-order valence-corrected chi connectivity index (χ1v) is 11.7. The van der Waals surface area contributed by atoms with E-state index in [-0.39, 0.29) is 11.8 Å². The van der Waals surface area contributed by atoms with Crippen LogP contribution in [0.4, 0.5) is 0 Å². The van der Waals surface area contributed by atoms with Crippen LogP contribution in [0.25, 0.3) is 21.7 Å². The number of nitrogens with zero attached hydrogens (tertiary/aromatic N) is 3. The maximum atomic E-state index is 12.9. The van der Waals surface area contributed by atoms with Crippen molar-refractivity contribution in [2.75, 3.05) is 13.1 Å². The van der Waals surface area contributed by atoms with Gasteiger partial charge < -0.3 is 9.32 Å². The van der Waals surface area contributed by atoms with Crippen molar-refractivity contribution in [2.24, 2.45) is 0 Å². The van der Waals surface area contributed by atoms with Gasteiger partial charge in [0.05, 0.1) is 18.0 Å². The quantitative estimate of drug-likeness (QED) is 0.377. The van der Waals surface area contributed by atoms with Gasteiger partial charge in [-0.3, -0.25) is 4.79 Å². The van der Waals surface area contributed by atoms with Gasteiger partial charge in [0.2, 0.25) is 5.91 Å². The first kappa shape index (κ1) is 19.5. The third-order valence-corrected chi connectivity index (χ3v) is 6.82. The number of thiazole rings is 1. The van der Waals surface area contributed by atoms with Gasteiger partial charge in [-0.05, 0) is 37.1 Å². The topological polar surface area (TPSA) is 59.2 Å². The van der Waals surface area contributed by atoms with Gasteiger partial charge in [-0.25, -0.2) is 9.97 Å². The molecule has 2 aromatic carbocycles. The van der Waals surface area contributed by atoms with Crippen molar-refractivity contribution in [3.05, 3.63) is 70.0 Å². The van der Waals surface area contributed by atoms with E-state index in [2.05, 4.69) is 25.9 Å². The average Bonchev–Trinajstić information content (AvgIpc) is 3.41. The summed E-state index contributed by atoms with van der Waals surface area (Å²) in [6.45, 7) is 1.42. The highest BCUT2D eigenvalue weighted by atomic mass is 79.9. The summed E-state index contributed by atoms with van der Waals surface area (Å²) in [6, 6.07) is 15.9. The largest absolute Gasteiger partial charge is 0.440 e. The van der Waals surface area contributed by atoms with Gasteiger partial charge >= 0.3 is 0 Å². The Balaban J connectivity index is 1.27. The number of amides is 1. The van der Waals surface area contributed by atoms with E-state index < -0.39 is 0 Å². The van der Waals surface area contributed by atoms with Crippen LogP contribution >= 0.6 is 27.3 Å². The van der Waals surface area contributed by atoms with Gasteiger partial charge in [0.1, 0.15) is 10.5 Å². The molecular formula is C23H20BrN3O2S.